The van der Waals surface area contributed by atoms with Crippen LogP contribution in [0.5, 0.6) is 0 Å². The fourth-order valence-corrected chi connectivity index (χ4v) is 2.26. The predicted octanol–water partition coefficient (Wildman–Crippen LogP) is 3.61. The molecule has 0 aliphatic heterocycles. The fraction of sp³-hybridized carbons (Fsp3) is 0.727. The predicted molar refractivity (Wildman–Crippen MR) is 69.0 cm³/mol. The number of amides is 1. The highest BCUT2D eigenvalue weighted by Gasteiger charge is 2.33. The van der Waals surface area contributed by atoms with E-state index in [2.05, 4.69) is 11.9 Å². The summed E-state index contributed by atoms with van der Waals surface area (Å²) in [5.41, 5.74) is 0. The van der Waals surface area contributed by atoms with Gasteiger partial charge in [0.15, 0.2) is 0 Å². The largest absolute Gasteiger partial charge is 0.346 e. The molecule has 2 nitrogen and oxygen atoms in total. The Morgan fingerprint density at radius 3 is 2.31 bits per heavy atom. The first-order valence-electron chi connectivity index (χ1n) is 5.45. The lowest BCUT2D eigenvalue weighted by Gasteiger charge is -2.29. The van der Waals surface area contributed by atoms with Crippen LogP contribution in [0, 0.1) is 5.92 Å². The second-order valence-corrected chi connectivity index (χ2v) is 6.41. The van der Waals surface area contributed by atoms with E-state index in [0.29, 0.717) is 5.92 Å². The van der Waals surface area contributed by atoms with Crippen LogP contribution in [0.1, 0.15) is 32.1 Å². The van der Waals surface area contributed by atoms with Crippen LogP contribution in [0.4, 0.5) is 0 Å². The number of rotatable bonds is 3. The van der Waals surface area contributed by atoms with Crippen molar-refractivity contribution in [3.8, 4) is 0 Å². The Morgan fingerprint density at radius 1 is 1.31 bits per heavy atom. The summed E-state index contributed by atoms with van der Waals surface area (Å²) in [7, 11) is 0. The Kier molecular flexibility index (Phi) is 5.42. The minimum absolute atomic E-state index is 0.0941. The first kappa shape index (κ1) is 14.1. The molecule has 0 spiro atoms. The van der Waals surface area contributed by atoms with Gasteiger partial charge in [0.05, 0.1) is 0 Å². The Morgan fingerprint density at radius 2 is 1.88 bits per heavy atom. The standard InChI is InChI=1S/C11H16Cl3NO/c1-2-9(8-6-4-3-5-7-8)15-10(16)11(12,13)14/h2,8-9H,1,3-7H2,(H,15,16)/t9-/m0/s1. The minimum Gasteiger partial charge on any atom is -0.346 e. The molecule has 1 rings (SSSR count). The van der Waals surface area contributed by atoms with Gasteiger partial charge in [0.1, 0.15) is 0 Å². The first-order valence-corrected chi connectivity index (χ1v) is 6.59. The van der Waals surface area contributed by atoms with Crippen molar-refractivity contribution in [2.24, 2.45) is 5.92 Å². The van der Waals surface area contributed by atoms with Gasteiger partial charge in [0, 0.05) is 6.04 Å². The third-order valence-corrected chi connectivity index (χ3v) is 3.48. The van der Waals surface area contributed by atoms with Crippen molar-refractivity contribution in [1.82, 2.24) is 5.32 Å². The van der Waals surface area contributed by atoms with Crippen molar-refractivity contribution < 1.29 is 4.79 Å². The molecule has 1 atom stereocenters. The number of halogens is 3. The molecule has 1 fully saturated rings. The van der Waals surface area contributed by atoms with Crippen LogP contribution in [-0.2, 0) is 4.79 Å². The molecule has 1 N–H and O–H groups in total. The van der Waals surface area contributed by atoms with Gasteiger partial charge in [0.25, 0.3) is 9.70 Å². The Balaban J connectivity index is 2.54. The fourth-order valence-electron chi connectivity index (χ4n) is 2.10. The lowest BCUT2D eigenvalue weighted by Crippen LogP contribution is -2.44. The van der Waals surface area contributed by atoms with Crippen LogP contribution in [0.3, 0.4) is 0 Å². The molecule has 16 heavy (non-hydrogen) atoms. The van der Waals surface area contributed by atoms with Crippen LogP contribution >= 0.6 is 34.8 Å². The molecular weight excluding hydrogens is 268 g/mol. The van der Waals surface area contributed by atoms with Crippen LogP contribution < -0.4 is 5.32 Å². The number of nitrogens with one attached hydrogen (secondary N) is 1. The van der Waals surface area contributed by atoms with Crippen molar-refractivity contribution >= 4 is 40.7 Å². The average Bonchev–Trinajstić information content (AvgIpc) is 2.25. The smallest absolute Gasteiger partial charge is 0.272 e. The van der Waals surface area contributed by atoms with Crippen molar-refractivity contribution in [1.29, 1.82) is 0 Å². The number of carbonyl (C=O) groups is 1. The molecule has 1 amide bonds. The number of alkyl halides is 3. The summed E-state index contributed by atoms with van der Waals surface area (Å²) >= 11 is 16.5. The maximum Gasteiger partial charge on any atom is 0.272 e. The number of hydrogen-bond acceptors (Lipinski definition) is 1. The summed E-state index contributed by atoms with van der Waals surface area (Å²) in [5.74, 6) is -0.157. The molecule has 1 aliphatic rings. The third kappa shape index (κ3) is 4.15. The SMILES string of the molecule is C=C[C@H](NC(=O)C(Cl)(Cl)Cl)C1CCCCC1. The number of hydrogen-bond donors (Lipinski definition) is 1. The second kappa shape index (κ2) is 6.13. The molecule has 0 aromatic carbocycles. The van der Waals surface area contributed by atoms with E-state index in [9.17, 15) is 4.79 Å². The quantitative estimate of drug-likeness (QED) is 0.622. The van der Waals surface area contributed by atoms with Gasteiger partial charge in [-0.2, -0.15) is 0 Å². The molecular formula is C11H16Cl3NO. The average molecular weight is 285 g/mol. The summed E-state index contributed by atoms with van der Waals surface area (Å²) in [6.45, 7) is 3.73. The van der Waals surface area contributed by atoms with Crippen molar-refractivity contribution in [3.63, 3.8) is 0 Å². The summed E-state index contributed by atoms with van der Waals surface area (Å²) in [5, 5.41) is 2.72. The van der Waals surface area contributed by atoms with E-state index in [1.165, 1.54) is 19.3 Å². The van der Waals surface area contributed by atoms with Gasteiger partial charge in [-0.15, -0.1) is 6.58 Å². The Bertz CT molecular complexity index is 256. The first-order chi connectivity index (χ1) is 7.45. The van der Waals surface area contributed by atoms with Crippen LogP contribution in [-0.4, -0.2) is 15.7 Å². The minimum atomic E-state index is -1.89. The molecule has 0 aromatic heterocycles. The molecule has 0 unspecified atom stereocenters. The molecule has 0 aromatic rings. The normalized spacial score (nSPS) is 20.2. The maximum atomic E-state index is 11.5. The lowest BCUT2D eigenvalue weighted by atomic mass is 9.84. The molecule has 1 saturated carbocycles. The van der Waals surface area contributed by atoms with Crippen LogP contribution in [0.25, 0.3) is 0 Å². The molecule has 5 heteroatoms. The number of carbonyl (C=O) groups excluding carboxylic acids is 1. The molecule has 0 radical (unpaired) electrons. The van der Waals surface area contributed by atoms with Crippen molar-refractivity contribution in [2.75, 3.05) is 0 Å². The second-order valence-electron chi connectivity index (χ2n) is 4.13. The van der Waals surface area contributed by atoms with Gasteiger partial charge in [-0.05, 0) is 18.8 Å². The highest BCUT2D eigenvalue weighted by atomic mass is 35.6. The van der Waals surface area contributed by atoms with Gasteiger partial charge in [-0.3, -0.25) is 4.79 Å². The van der Waals surface area contributed by atoms with E-state index in [-0.39, 0.29) is 6.04 Å². The molecule has 92 valence electrons. The molecule has 0 bridgehead atoms. The summed E-state index contributed by atoms with van der Waals surface area (Å²) in [6, 6.07) is -0.0941. The monoisotopic (exact) mass is 283 g/mol. The molecule has 0 heterocycles. The topological polar surface area (TPSA) is 29.1 Å². The van der Waals surface area contributed by atoms with Gasteiger partial charge >= 0.3 is 0 Å². The third-order valence-electron chi connectivity index (χ3n) is 2.97. The van der Waals surface area contributed by atoms with E-state index >= 15 is 0 Å². The highest BCUT2D eigenvalue weighted by Crippen LogP contribution is 2.29. The van der Waals surface area contributed by atoms with Gasteiger partial charge in [0.2, 0.25) is 0 Å². The van der Waals surface area contributed by atoms with Crippen molar-refractivity contribution in [3.05, 3.63) is 12.7 Å². The van der Waals surface area contributed by atoms with E-state index in [1.54, 1.807) is 6.08 Å². The zero-order valence-corrected chi connectivity index (χ0v) is 11.3. The van der Waals surface area contributed by atoms with E-state index in [0.717, 1.165) is 12.8 Å². The molecule has 0 saturated heterocycles. The Hall–Kier alpha value is 0.0800. The maximum absolute atomic E-state index is 11.5. The van der Waals surface area contributed by atoms with Gasteiger partial charge in [-0.1, -0.05) is 60.1 Å². The van der Waals surface area contributed by atoms with E-state index < -0.39 is 9.70 Å². The van der Waals surface area contributed by atoms with Crippen LogP contribution in [0.15, 0.2) is 12.7 Å². The highest BCUT2D eigenvalue weighted by molar-refractivity contribution is 6.76. The zero-order valence-electron chi connectivity index (χ0n) is 9.02. The van der Waals surface area contributed by atoms with E-state index in [4.69, 9.17) is 34.8 Å². The van der Waals surface area contributed by atoms with E-state index in [1.807, 2.05) is 0 Å². The van der Waals surface area contributed by atoms with Gasteiger partial charge in [-0.25, -0.2) is 0 Å². The summed E-state index contributed by atoms with van der Waals surface area (Å²) < 4.78 is -1.89. The van der Waals surface area contributed by atoms with Gasteiger partial charge < -0.3 is 5.32 Å². The summed E-state index contributed by atoms with van der Waals surface area (Å²) in [6.07, 6.45) is 7.56. The lowest BCUT2D eigenvalue weighted by molar-refractivity contribution is -0.121. The molecule has 1 aliphatic carbocycles. The van der Waals surface area contributed by atoms with Crippen LogP contribution in [0.2, 0.25) is 0 Å². The zero-order chi connectivity index (χ0) is 12.2. The summed E-state index contributed by atoms with van der Waals surface area (Å²) in [4.78, 5) is 11.5. The van der Waals surface area contributed by atoms with Crippen molar-refractivity contribution in [2.45, 2.75) is 41.9 Å². The Labute approximate surface area is 111 Å².